The minimum Gasteiger partial charge on any atom is -0.490 e. The molecule has 0 fully saturated rings. The van der Waals surface area contributed by atoms with Gasteiger partial charge in [0.25, 0.3) is 0 Å². The summed E-state index contributed by atoms with van der Waals surface area (Å²) in [6.45, 7) is 4.10. The van der Waals surface area contributed by atoms with Gasteiger partial charge in [-0.15, -0.1) is 0 Å². The molecule has 0 aliphatic rings. The normalized spacial score (nSPS) is 10.7. The Morgan fingerprint density at radius 3 is 2.53 bits per heavy atom. The molecule has 0 aliphatic carbocycles. The summed E-state index contributed by atoms with van der Waals surface area (Å²) in [5.41, 5.74) is 4.13. The van der Waals surface area contributed by atoms with Crippen LogP contribution in [0.3, 0.4) is 0 Å². The number of hydrazone groups is 1. The predicted octanol–water partition coefficient (Wildman–Crippen LogP) is 4.09. The second kappa shape index (κ2) is 12.5. The number of benzene rings is 2. The molecule has 0 bridgehead atoms. The molecule has 0 saturated carbocycles. The van der Waals surface area contributed by atoms with Crippen molar-refractivity contribution < 1.29 is 23.8 Å². The van der Waals surface area contributed by atoms with E-state index < -0.39 is 5.97 Å². The summed E-state index contributed by atoms with van der Waals surface area (Å²) >= 11 is 5.46. The van der Waals surface area contributed by atoms with Crippen LogP contribution in [-0.4, -0.2) is 37.9 Å². The molecule has 9 heteroatoms. The van der Waals surface area contributed by atoms with Crippen LogP contribution in [-0.2, 0) is 20.7 Å². The second-order valence-electron chi connectivity index (χ2n) is 5.95. The molecule has 0 atom stereocenters. The third-order valence-electron chi connectivity index (χ3n) is 3.65. The molecule has 0 unspecified atom stereocenters. The molecule has 0 aliphatic heterocycles. The lowest BCUT2D eigenvalue weighted by Gasteiger charge is -2.14. The largest absolute Gasteiger partial charge is 0.490 e. The smallest absolute Gasteiger partial charge is 0.344 e. The molecule has 160 valence electrons. The molecule has 1 amide bonds. The number of halogens is 2. The molecule has 0 spiro atoms. The van der Waals surface area contributed by atoms with Gasteiger partial charge in [0.2, 0.25) is 5.91 Å². The van der Waals surface area contributed by atoms with Crippen molar-refractivity contribution in [3.63, 3.8) is 0 Å². The van der Waals surface area contributed by atoms with Gasteiger partial charge in [0.1, 0.15) is 0 Å². The molecule has 2 aromatic carbocycles. The Labute approximate surface area is 197 Å². The van der Waals surface area contributed by atoms with E-state index in [0.717, 1.165) is 19.2 Å². The Hall–Kier alpha value is -2.14. The van der Waals surface area contributed by atoms with Crippen molar-refractivity contribution in [3.05, 3.63) is 55.6 Å². The summed E-state index contributed by atoms with van der Waals surface area (Å²) in [6, 6.07) is 11.1. The lowest BCUT2D eigenvalue weighted by atomic mass is 10.1. The molecular formula is C21H22BrIN2O5. The maximum atomic E-state index is 12.1. The molecule has 2 aromatic rings. The summed E-state index contributed by atoms with van der Waals surface area (Å²) in [5.74, 6) is 0.274. The van der Waals surface area contributed by atoms with Gasteiger partial charge in [-0.05, 0) is 71.8 Å². The van der Waals surface area contributed by atoms with Gasteiger partial charge in [-0.3, -0.25) is 4.79 Å². The van der Waals surface area contributed by atoms with Crippen molar-refractivity contribution in [1.82, 2.24) is 5.43 Å². The number of carbonyl (C=O) groups is 2. The van der Waals surface area contributed by atoms with Gasteiger partial charge in [-0.1, -0.05) is 28.1 Å². The van der Waals surface area contributed by atoms with Crippen molar-refractivity contribution >= 4 is 56.6 Å². The van der Waals surface area contributed by atoms with Crippen molar-refractivity contribution in [3.8, 4) is 11.5 Å². The Bertz CT molecular complexity index is 903. The Kier molecular flexibility index (Phi) is 10.1. The van der Waals surface area contributed by atoms with E-state index in [-0.39, 0.29) is 18.9 Å². The standard InChI is InChI=1S/C21H22BrIN2O5/c1-3-28-18-10-15(9-17(23)21(18)30-13-20(27)29-4-2)12-24-25-19(26)11-14-5-7-16(22)8-6-14/h5-10,12H,3-4,11,13H2,1-2H3,(H,25,26)/b24-12-. The van der Waals surface area contributed by atoms with Gasteiger partial charge in [0.15, 0.2) is 18.1 Å². The van der Waals surface area contributed by atoms with Crippen LogP contribution in [0.5, 0.6) is 11.5 Å². The molecule has 30 heavy (non-hydrogen) atoms. The number of nitrogens with one attached hydrogen (secondary N) is 1. The minimum atomic E-state index is -0.449. The molecular weight excluding hydrogens is 567 g/mol. The molecule has 2 rings (SSSR count). The van der Waals surface area contributed by atoms with Crippen LogP contribution in [0.25, 0.3) is 0 Å². The zero-order chi connectivity index (χ0) is 21.9. The summed E-state index contributed by atoms with van der Waals surface area (Å²) < 4.78 is 17.8. The lowest BCUT2D eigenvalue weighted by molar-refractivity contribution is -0.145. The molecule has 1 N–H and O–H groups in total. The zero-order valence-electron chi connectivity index (χ0n) is 16.6. The fourth-order valence-electron chi connectivity index (χ4n) is 2.41. The SMILES string of the molecule is CCOC(=O)COc1c(I)cc(/C=N\NC(=O)Cc2ccc(Br)cc2)cc1OCC. The van der Waals surface area contributed by atoms with Gasteiger partial charge < -0.3 is 14.2 Å². The number of amides is 1. The van der Waals surface area contributed by atoms with E-state index in [9.17, 15) is 9.59 Å². The van der Waals surface area contributed by atoms with Crippen LogP contribution in [0, 0.1) is 3.57 Å². The third-order valence-corrected chi connectivity index (χ3v) is 4.98. The van der Waals surface area contributed by atoms with E-state index in [1.165, 1.54) is 6.21 Å². The van der Waals surface area contributed by atoms with Crippen LogP contribution in [0.15, 0.2) is 46.0 Å². The number of rotatable bonds is 10. The van der Waals surface area contributed by atoms with Crippen LogP contribution >= 0.6 is 38.5 Å². The second-order valence-corrected chi connectivity index (χ2v) is 8.03. The highest BCUT2D eigenvalue weighted by molar-refractivity contribution is 14.1. The van der Waals surface area contributed by atoms with Crippen molar-refractivity contribution in [2.45, 2.75) is 20.3 Å². The van der Waals surface area contributed by atoms with Crippen LogP contribution in [0.4, 0.5) is 0 Å². The maximum absolute atomic E-state index is 12.1. The average Bonchev–Trinajstić information content (AvgIpc) is 2.69. The fourth-order valence-corrected chi connectivity index (χ4v) is 3.45. The third kappa shape index (κ3) is 7.94. The number of nitrogens with zero attached hydrogens (tertiary/aromatic N) is 1. The first kappa shape index (κ1) is 24.1. The van der Waals surface area contributed by atoms with Gasteiger partial charge in [-0.2, -0.15) is 5.10 Å². The average molecular weight is 589 g/mol. The van der Waals surface area contributed by atoms with Crippen molar-refractivity contribution in [2.75, 3.05) is 19.8 Å². The van der Waals surface area contributed by atoms with E-state index in [0.29, 0.717) is 24.7 Å². The van der Waals surface area contributed by atoms with Gasteiger partial charge >= 0.3 is 5.97 Å². The highest BCUT2D eigenvalue weighted by Gasteiger charge is 2.14. The van der Waals surface area contributed by atoms with Gasteiger partial charge in [0, 0.05) is 4.47 Å². The molecule has 0 heterocycles. The first-order chi connectivity index (χ1) is 14.4. The maximum Gasteiger partial charge on any atom is 0.344 e. The first-order valence-electron chi connectivity index (χ1n) is 9.24. The monoisotopic (exact) mass is 588 g/mol. The molecule has 7 nitrogen and oxygen atoms in total. The number of hydrogen-bond donors (Lipinski definition) is 1. The fraction of sp³-hybridized carbons (Fsp3) is 0.286. The highest BCUT2D eigenvalue weighted by atomic mass is 127. The summed E-state index contributed by atoms with van der Waals surface area (Å²) in [5, 5.41) is 4.02. The first-order valence-corrected chi connectivity index (χ1v) is 11.1. The van der Waals surface area contributed by atoms with Crippen LogP contribution in [0.1, 0.15) is 25.0 Å². The topological polar surface area (TPSA) is 86.2 Å². The number of esters is 1. The number of hydrogen-bond acceptors (Lipinski definition) is 6. The summed E-state index contributed by atoms with van der Waals surface area (Å²) in [6.07, 6.45) is 1.76. The summed E-state index contributed by atoms with van der Waals surface area (Å²) in [7, 11) is 0. The number of carbonyl (C=O) groups excluding carboxylic acids is 2. The van der Waals surface area contributed by atoms with E-state index in [1.807, 2.05) is 37.3 Å². The quantitative estimate of drug-likeness (QED) is 0.196. The van der Waals surface area contributed by atoms with E-state index >= 15 is 0 Å². The lowest BCUT2D eigenvalue weighted by Crippen LogP contribution is -2.19. The Morgan fingerprint density at radius 1 is 1.13 bits per heavy atom. The van der Waals surface area contributed by atoms with E-state index in [2.05, 4.69) is 49.0 Å². The summed E-state index contributed by atoms with van der Waals surface area (Å²) in [4.78, 5) is 23.6. The minimum absolute atomic E-state index is 0.205. The zero-order valence-corrected chi connectivity index (χ0v) is 20.4. The van der Waals surface area contributed by atoms with E-state index in [1.54, 1.807) is 13.0 Å². The Balaban J connectivity index is 2.03. The van der Waals surface area contributed by atoms with Gasteiger partial charge in [0.05, 0.1) is 29.4 Å². The number of ether oxygens (including phenoxy) is 3. The van der Waals surface area contributed by atoms with E-state index in [4.69, 9.17) is 14.2 Å². The van der Waals surface area contributed by atoms with Crippen molar-refractivity contribution in [2.24, 2.45) is 5.10 Å². The molecule has 0 aromatic heterocycles. The van der Waals surface area contributed by atoms with Crippen molar-refractivity contribution in [1.29, 1.82) is 0 Å². The van der Waals surface area contributed by atoms with Crippen LogP contribution < -0.4 is 14.9 Å². The molecule has 0 saturated heterocycles. The molecule has 0 radical (unpaired) electrons. The predicted molar refractivity (Wildman–Crippen MR) is 126 cm³/mol. The van der Waals surface area contributed by atoms with Crippen LogP contribution in [0.2, 0.25) is 0 Å². The Morgan fingerprint density at radius 2 is 1.87 bits per heavy atom. The van der Waals surface area contributed by atoms with Gasteiger partial charge in [-0.25, -0.2) is 10.2 Å². The highest BCUT2D eigenvalue weighted by Crippen LogP contribution is 2.34.